The monoisotopic (exact) mass is 308 g/mol. The smallest absolute Gasteiger partial charge is 0.223 e. The molecule has 1 aromatic heterocycles. The largest absolute Gasteiger partial charge is 0.503 e. The fourth-order valence-electron chi connectivity index (χ4n) is 2.07. The first-order valence-corrected chi connectivity index (χ1v) is 7.17. The highest BCUT2D eigenvalue weighted by molar-refractivity contribution is 5.20. The van der Waals surface area contributed by atoms with Crippen molar-refractivity contribution in [3.05, 3.63) is 53.5 Å². The molecule has 0 aliphatic heterocycles. The Bertz CT molecular complexity index is 529. The third kappa shape index (κ3) is 5.85. The van der Waals surface area contributed by atoms with E-state index in [-0.39, 0.29) is 19.0 Å². The van der Waals surface area contributed by atoms with Crippen molar-refractivity contribution in [2.45, 2.75) is 13.1 Å². The van der Waals surface area contributed by atoms with E-state index in [9.17, 15) is 9.90 Å². The number of nitrogens with zero attached hydrogens (tertiary/aromatic N) is 2. The lowest BCUT2D eigenvalue weighted by Crippen LogP contribution is -2.27. The molecular weight excluding hydrogens is 284 g/mol. The van der Waals surface area contributed by atoms with E-state index >= 15 is 0 Å². The van der Waals surface area contributed by atoms with Crippen molar-refractivity contribution < 1.29 is 14.9 Å². The Morgan fingerprint density at radius 2 is 1.95 bits per heavy atom. The summed E-state index contributed by atoms with van der Waals surface area (Å²) >= 11 is 0. The molecule has 1 heterocycles. The van der Waals surface area contributed by atoms with Gasteiger partial charge in [0.25, 0.3) is 0 Å². The van der Waals surface area contributed by atoms with Crippen molar-refractivity contribution in [2.24, 2.45) is 0 Å². The summed E-state index contributed by atoms with van der Waals surface area (Å²) in [6, 6.07) is 1.43. The van der Waals surface area contributed by atoms with Crippen LogP contribution in [0.5, 0.6) is 5.75 Å². The molecular formula is C16H24N2O4. The van der Waals surface area contributed by atoms with Crippen molar-refractivity contribution in [1.82, 2.24) is 9.47 Å². The van der Waals surface area contributed by atoms with Gasteiger partial charge in [-0.15, -0.1) is 13.2 Å². The lowest BCUT2D eigenvalue weighted by Gasteiger charge is -2.22. The maximum Gasteiger partial charge on any atom is 0.223 e. The molecule has 1 rings (SSSR count). The average molecular weight is 308 g/mol. The van der Waals surface area contributed by atoms with E-state index in [1.54, 1.807) is 16.7 Å². The Labute approximate surface area is 130 Å². The van der Waals surface area contributed by atoms with E-state index in [0.717, 1.165) is 5.69 Å². The number of hydrogen-bond donors (Lipinski definition) is 2. The zero-order valence-electron chi connectivity index (χ0n) is 12.8. The second-order valence-corrected chi connectivity index (χ2v) is 4.82. The average Bonchev–Trinajstić information content (AvgIpc) is 2.48. The molecule has 0 aliphatic carbocycles. The Kier molecular flexibility index (Phi) is 8.21. The highest BCUT2D eigenvalue weighted by atomic mass is 16.5. The number of aromatic hydroxyl groups is 1. The van der Waals surface area contributed by atoms with E-state index in [0.29, 0.717) is 32.8 Å². The Hall–Kier alpha value is -1.89. The summed E-state index contributed by atoms with van der Waals surface area (Å²) in [5.41, 5.74) is 0.374. The minimum atomic E-state index is -0.403. The normalized spacial score (nSPS) is 10.8. The second-order valence-electron chi connectivity index (χ2n) is 4.82. The summed E-state index contributed by atoms with van der Waals surface area (Å²) in [7, 11) is 0. The maximum absolute atomic E-state index is 11.7. The lowest BCUT2D eigenvalue weighted by atomic mass is 10.2. The van der Waals surface area contributed by atoms with Crippen LogP contribution in [0, 0.1) is 0 Å². The molecule has 22 heavy (non-hydrogen) atoms. The van der Waals surface area contributed by atoms with Crippen LogP contribution in [0.2, 0.25) is 0 Å². The predicted octanol–water partition coefficient (Wildman–Crippen LogP) is 0.737. The zero-order chi connectivity index (χ0) is 16.4. The van der Waals surface area contributed by atoms with Crippen LogP contribution >= 0.6 is 0 Å². The number of pyridine rings is 1. The first kappa shape index (κ1) is 18.2. The van der Waals surface area contributed by atoms with E-state index in [2.05, 4.69) is 18.1 Å². The van der Waals surface area contributed by atoms with Crippen LogP contribution in [0.1, 0.15) is 5.69 Å². The molecule has 0 saturated carbocycles. The molecule has 0 amide bonds. The van der Waals surface area contributed by atoms with Gasteiger partial charge in [0.2, 0.25) is 5.43 Å². The van der Waals surface area contributed by atoms with Gasteiger partial charge in [-0.05, 0) is 0 Å². The van der Waals surface area contributed by atoms with Gasteiger partial charge < -0.3 is 19.5 Å². The first-order chi connectivity index (χ1) is 10.6. The number of aliphatic hydroxyl groups excluding tert-OH is 1. The van der Waals surface area contributed by atoms with Crippen molar-refractivity contribution in [3.63, 3.8) is 0 Å². The molecule has 0 saturated heterocycles. The van der Waals surface area contributed by atoms with Gasteiger partial charge in [0, 0.05) is 37.9 Å². The van der Waals surface area contributed by atoms with Gasteiger partial charge >= 0.3 is 0 Å². The van der Waals surface area contributed by atoms with E-state index in [4.69, 9.17) is 9.84 Å². The number of ether oxygens (including phenoxy) is 1. The molecule has 6 nitrogen and oxygen atoms in total. The van der Waals surface area contributed by atoms with Crippen LogP contribution in [0.4, 0.5) is 0 Å². The Balaban J connectivity index is 2.89. The number of aromatic nitrogens is 1. The summed E-state index contributed by atoms with van der Waals surface area (Å²) in [6.45, 7) is 10.4. The standard InChI is InChI=1S/C16H24N2O4/c1-3-5-17(6-4-2)12-14-11-15(20)16(21)13-18(14)7-9-22-10-8-19/h3-4,11,13,19,21H,1-2,5-10,12H2. The van der Waals surface area contributed by atoms with Gasteiger partial charge in [-0.25, -0.2) is 0 Å². The summed E-state index contributed by atoms with van der Waals surface area (Å²) < 4.78 is 7.02. The van der Waals surface area contributed by atoms with Crippen molar-refractivity contribution in [3.8, 4) is 5.75 Å². The van der Waals surface area contributed by atoms with Crippen LogP contribution in [0.25, 0.3) is 0 Å². The lowest BCUT2D eigenvalue weighted by molar-refractivity contribution is 0.0861. The molecule has 0 aliphatic rings. The summed E-state index contributed by atoms with van der Waals surface area (Å²) in [6.07, 6.45) is 4.99. The summed E-state index contributed by atoms with van der Waals surface area (Å²) in [4.78, 5) is 13.7. The van der Waals surface area contributed by atoms with E-state index < -0.39 is 5.43 Å². The molecule has 0 aromatic carbocycles. The molecule has 0 radical (unpaired) electrons. The molecule has 0 fully saturated rings. The van der Waals surface area contributed by atoms with Crippen molar-refractivity contribution in [1.29, 1.82) is 0 Å². The zero-order valence-corrected chi connectivity index (χ0v) is 12.8. The minimum Gasteiger partial charge on any atom is -0.503 e. The van der Waals surface area contributed by atoms with Crippen LogP contribution in [-0.2, 0) is 17.8 Å². The second kappa shape index (κ2) is 9.94. The Morgan fingerprint density at radius 1 is 1.27 bits per heavy atom. The van der Waals surface area contributed by atoms with Gasteiger partial charge in [-0.1, -0.05) is 12.2 Å². The van der Waals surface area contributed by atoms with Crippen molar-refractivity contribution >= 4 is 0 Å². The first-order valence-electron chi connectivity index (χ1n) is 7.17. The number of hydrogen-bond acceptors (Lipinski definition) is 5. The molecule has 1 aromatic rings. The summed E-state index contributed by atoms with van der Waals surface area (Å²) in [5.74, 6) is -0.287. The van der Waals surface area contributed by atoms with Gasteiger partial charge in [0.05, 0.1) is 26.0 Å². The fraction of sp³-hybridized carbons (Fsp3) is 0.438. The van der Waals surface area contributed by atoms with Gasteiger partial charge in [0.15, 0.2) is 5.75 Å². The number of rotatable bonds is 11. The van der Waals surface area contributed by atoms with Crippen LogP contribution in [0.15, 0.2) is 42.4 Å². The summed E-state index contributed by atoms with van der Waals surface area (Å²) in [5, 5.41) is 18.3. The molecule has 0 unspecified atom stereocenters. The Morgan fingerprint density at radius 3 is 2.55 bits per heavy atom. The number of aliphatic hydroxyl groups is 1. The van der Waals surface area contributed by atoms with E-state index in [1.165, 1.54) is 12.3 Å². The highest BCUT2D eigenvalue weighted by Crippen LogP contribution is 2.09. The molecule has 2 N–H and O–H groups in total. The van der Waals surface area contributed by atoms with Crippen LogP contribution in [0.3, 0.4) is 0 Å². The quantitative estimate of drug-likeness (QED) is 0.466. The predicted molar refractivity (Wildman–Crippen MR) is 85.9 cm³/mol. The molecule has 0 spiro atoms. The molecule has 6 heteroatoms. The van der Waals surface area contributed by atoms with Crippen LogP contribution < -0.4 is 5.43 Å². The minimum absolute atomic E-state index is 0.0330. The van der Waals surface area contributed by atoms with E-state index in [1.807, 2.05) is 0 Å². The molecule has 0 bridgehead atoms. The molecule has 0 atom stereocenters. The SMILES string of the molecule is C=CCN(CC=C)Cc1cc(=O)c(O)cn1CCOCCO. The van der Waals surface area contributed by atoms with Gasteiger partial charge in [-0.3, -0.25) is 9.69 Å². The molecule has 122 valence electrons. The fourth-order valence-corrected chi connectivity index (χ4v) is 2.07. The van der Waals surface area contributed by atoms with Gasteiger partial charge in [-0.2, -0.15) is 0 Å². The third-order valence-corrected chi connectivity index (χ3v) is 3.07. The third-order valence-electron chi connectivity index (χ3n) is 3.07. The maximum atomic E-state index is 11.7. The van der Waals surface area contributed by atoms with Crippen LogP contribution in [-0.4, -0.2) is 52.6 Å². The topological polar surface area (TPSA) is 74.9 Å². The van der Waals surface area contributed by atoms with Gasteiger partial charge in [0.1, 0.15) is 0 Å². The van der Waals surface area contributed by atoms with Crippen molar-refractivity contribution in [2.75, 3.05) is 32.9 Å². The highest BCUT2D eigenvalue weighted by Gasteiger charge is 2.09.